The molecule has 3 rings (SSSR count). The first-order valence-electron chi connectivity index (χ1n) is 6.98. The number of hydrogen-bond donors (Lipinski definition) is 1. The van der Waals surface area contributed by atoms with Crippen molar-refractivity contribution in [3.63, 3.8) is 0 Å². The predicted octanol–water partition coefficient (Wildman–Crippen LogP) is 2.76. The Morgan fingerprint density at radius 1 is 1.37 bits per heavy atom. The molecule has 19 heavy (non-hydrogen) atoms. The summed E-state index contributed by atoms with van der Waals surface area (Å²) in [7, 11) is 2.04. The number of piperidine rings is 1. The summed E-state index contributed by atoms with van der Waals surface area (Å²) in [5, 5.41) is 8.08. The van der Waals surface area contributed by atoms with Crippen molar-refractivity contribution < 1.29 is 4.42 Å². The van der Waals surface area contributed by atoms with E-state index in [9.17, 15) is 0 Å². The lowest BCUT2D eigenvalue weighted by atomic mass is 9.92. The van der Waals surface area contributed by atoms with Crippen molar-refractivity contribution in [1.29, 1.82) is 0 Å². The molecule has 0 saturated carbocycles. The van der Waals surface area contributed by atoms with Crippen LogP contribution in [0.3, 0.4) is 0 Å². The molecule has 2 aromatic rings. The Balaban J connectivity index is 2.07. The fourth-order valence-electron chi connectivity index (χ4n) is 3.10. The SMILES string of the molecule is Cc1ccc(-c2c(C)nn(C)c2C2CCCNC2)o1. The van der Waals surface area contributed by atoms with E-state index in [0.717, 1.165) is 30.3 Å². The third-order valence-corrected chi connectivity index (χ3v) is 3.94. The van der Waals surface area contributed by atoms with E-state index in [-0.39, 0.29) is 0 Å². The van der Waals surface area contributed by atoms with Gasteiger partial charge in [0.15, 0.2) is 0 Å². The highest BCUT2D eigenvalue weighted by Crippen LogP contribution is 2.35. The topological polar surface area (TPSA) is 43.0 Å². The Morgan fingerprint density at radius 2 is 2.21 bits per heavy atom. The molecule has 0 bridgehead atoms. The van der Waals surface area contributed by atoms with Crippen molar-refractivity contribution in [2.24, 2.45) is 7.05 Å². The third kappa shape index (κ3) is 2.21. The number of aryl methyl sites for hydroxylation is 3. The first kappa shape index (κ1) is 12.5. The second kappa shape index (κ2) is 4.85. The molecule has 0 aromatic carbocycles. The zero-order valence-electron chi connectivity index (χ0n) is 11.9. The maximum atomic E-state index is 5.82. The summed E-state index contributed by atoms with van der Waals surface area (Å²) in [6.45, 7) is 6.21. The maximum Gasteiger partial charge on any atom is 0.137 e. The predicted molar refractivity (Wildman–Crippen MR) is 75.2 cm³/mol. The van der Waals surface area contributed by atoms with Crippen molar-refractivity contribution in [2.45, 2.75) is 32.6 Å². The molecule has 2 aromatic heterocycles. The number of rotatable bonds is 2. The highest BCUT2D eigenvalue weighted by molar-refractivity contribution is 5.64. The van der Waals surface area contributed by atoms with E-state index in [1.807, 2.05) is 24.7 Å². The molecule has 1 saturated heterocycles. The van der Waals surface area contributed by atoms with Gasteiger partial charge >= 0.3 is 0 Å². The van der Waals surface area contributed by atoms with Crippen molar-refractivity contribution in [1.82, 2.24) is 15.1 Å². The van der Waals surface area contributed by atoms with Gasteiger partial charge < -0.3 is 9.73 Å². The first-order chi connectivity index (χ1) is 9.16. The fraction of sp³-hybridized carbons (Fsp3) is 0.533. The average molecular weight is 259 g/mol. The number of hydrogen-bond acceptors (Lipinski definition) is 3. The van der Waals surface area contributed by atoms with Crippen LogP contribution in [0.15, 0.2) is 16.5 Å². The van der Waals surface area contributed by atoms with Gasteiger partial charge in [-0.05, 0) is 45.4 Å². The molecule has 1 N–H and O–H groups in total. The quantitative estimate of drug-likeness (QED) is 0.901. The number of nitrogens with zero attached hydrogens (tertiary/aromatic N) is 2. The molecule has 4 heteroatoms. The molecule has 1 fully saturated rings. The lowest BCUT2D eigenvalue weighted by Crippen LogP contribution is -2.29. The molecule has 1 aliphatic heterocycles. The zero-order valence-corrected chi connectivity index (χ0v) is 11.9. The van der Waals surface area contributed by atoms with Gasteiger partial charge in [-0.2, -0.15) is 5.10 Å². The van der Waals surface area contributed by atoms with Gasteiger partial charge in [0.25, 0.3) is 0 Å². The van der Waals surface area contributed by atoms with Crippen LogP contribution in [0.1, 0.15) is 35.9 Å². The second-order valence-electron chi connectivity index (χ2n) is 5.42. The van der Waals surface area contributed by atoms with Crippen LogP contribution >= 0.6 is 0 Å². The molecular weight excluding hydrogens is 238 g/mol. The van der Waals surface area contributed by atoms with Crippen LogP contribution in [-0.4, -0.2) is 22.9 Å². The van der Waals surface area contributed by atoms with Crippen LogP contribution in [0.4, 0.5) is 0 Å². The minimum Gasteiger partial charge on any atom is -0.461 e. The van der Waals surface area contributed by atoms with Crippen LogP contribution in [0, 0.1) is 13.8 Å². The molecular formula is C15H21N3O. The molecule has 0 amide bonds. The number of furan rings is 1. The van der Waals surface area contributed by atoms with Crippen LogP contribution in [0.25, 0.3) is 11.3 Å². The van der Waals surface area contributed by atoms with Crippen LogP contribution in [0.5, 0.6) is 0 Å². The molecule has 0 aliphatic carbocycles. The summed E-state index contributed by atoms with van der Waals surface area (Å²) >= 11 is 0. The lowest BCUT2D eigenvalue weighted by Gasteiger charge is -2.23. The minimum absolute atomic E-state index is 0.528. The summed E-state index contributed by atoms with van der Waals surface area (Å²) in [6.07, 6.45) is 2.45. The summed E-state index contributed by atoms with van der Waals surface area (Å²) < 4.78 is 7.85. The zero-order chi connectivity index (χ0) is 13.4. The van der Waals surface area contributed by atoms with E-state index < -0.39 is 0 Å². The number of nitrogens with one attached hydrogen (secondary N) is 1. The van der Waals surface area contributed by atoms with Gasteiger partial charge in [0, 0.05) is 19.5 Å². The van der Waals surface area contributed by atoms with Gasteiger partial charge in [-0.1, -0.05) is 0 Å². The molecule has 3 heterocycles. The Hall–Kier alpha value is -1.55. The largest absolute Gasteiger partial charge is 0.461 e. The van der Waals surface area contributed by atoms with Gasteiger partial charge in [-0.25, -0.2) is 0 Å². The van der Waals surface area contributed by atoms with Crippen LogP contribution < -0.4 is 5.32 Å². The smallest absolute Gasteiger partial charge is 0.137 e. The maximum absolute atomic E-state index is 5.82. The molecule has 102 valence electrons. The van der Waals surface area contributed by atoms with E-state index in [1.54, 1.807) is 0 Å². The Bertz CT molecular complexity index is 576. The van der Waals surface area contributed by atoms with Crippen LogP contribution in [0.2, 0.25) is 0 Å². The van der Waals surface area contributed by atoms with Crippen molar-refractivity contribution >= 4 is 0 Å². The van der Waals surface area contributed by atoms with Crippen molar-refractivity contribution in [2.75, 3.05) is 13.1 Å². The van der Waals surface area contributed by atoms with Crippen molar-refractivity contribution in [3.8, 4) is 11.3 Å². The number of aromatic nitrogens is 2. The van der Waals surface area contributed by atoms with E-state index in [1.165, 1.54) is 24.1 Å². The normalized spacial score (nSPS) is 19.8. The Morgan fingerprint density at radius 3 is 2.84 bits per heavy atom. The van der Waals surface area contributed by atoms with E-state index >= 15 is 0 Å². The van der Waals surface area contributed by atoms with E-state index in [2.05, 4.69) is 23.4 Å². The molecule has 0 radical (unpaired) electrons. The standard InChI is InChI=1S/C15H21N3O/c1-10-6-7-13(19-10)14-11(2)17-18(3)15(14)12-5-4-8-16-9-12/h6-7,12,16H,4-5,8-9H2,1-3H3. The highest BCUT2D eigenvalue weighted by atomic mass is 16.3. The third-order valence-electron chi connectivity index (χ3n) is 3.94. The van der Waals surface area contributed by atoms with E-state index in [0.29, 0.717) is 5.92 Å². The van der Waals surface area contributed by atoms with Gasteiger partial charge in [0.2, 0.25) is 0 Å². The summed E-state index contributed by atoms with van der Waals surface area (Å²) in [4.78, 5) is 0. The van der Waals surface area contributed by atoms with Gasteiger partial charge in [0.05, 0.1) is 17.0 Å². The highest BCUT2D eigenvalue weighted by Gasteiger charge is 2.26. The van der Waals surface area contributed by atoms with Crippen molar-refractivity contribution in [3.05, 3.63) is 29.3 Å². The van der Waals surface area contributed by atoms with E-state index in [4.69, 9.17) is 4.42 Å². The van der Waals surface area contributed by atoms with Crippen LogP contribution in [-0.2, 0) is 7.05 Å². The Kier molecular flexibility index (Phi) is 3.19. The summed E-state index contributed by atoms with van der Waals surface area (Å²) in [5.41, 5.74) is 3.54. The van der Waals surface area contributed by atoms with Gasteiger partial charge in [-0.15, -0.1) is 0 Å². The van der Waals surface area contributed by atoms with Gasteiger partial charge in [-0.3, -0.25) is 4.68 Å². The summed E-state index contributed by atoms with van der Waals surface area (Å²) in [5.74, 6) is 2.43. The monoisotopic (exact) mass is 259 g/mol. The minimum atomic E-state index is 0.528. The molecule has 0 spiro atoms. The average Bonchev–Trinajstić information content (AvgIpc) is 2.94. The molecule has 4 nitrogen and oxygen atoms in total. The second-order valence-corrected chi connectivity index (χ2v) is 5.42. The first-order valence-corrected chi connectivity index (χ1v) is 6.98. The Labute approximate surface area is 113 Å². The molecule has 1 atom stereocenters. The fourth-order valence-corrected chi connectivity index (χ4v) is 3.10. The summed E-state index contributed by atoms with van der Waals surface area (Å²) in [6, 6.07) is 4.07. The lowest BCUT2D eigenvalue weighted by molar-refractivity contribution is 0.441. The molecule has 1 unspecified atom stereocenters. The molecule has 1 aliphatic rings. The van der Waals surface area contributed by atoms with Gasteiger partial charge in [0.1, 0.15) is 11.5 Å².